The topological polar surface area (TPSA) is 33.7 Å². The van der Waals surface area contributed by atoms with Crippen molar-refractivity contribution < 1.29 is 13.9 Å². The molecule has 0 unspecified atom stereocenters. The van der Waals surface area contributed by atoms with Crippen molar-refractivity contribution >= 4 is 11.6 Å². The lowest BCUT2D eigenvalue weighted by atomic mass is 10.2. The number of hydrogen-bond donors (Lipinski definition) is 1. The van der Waals surface area contributed by atoms with Crippen molar-refractivity contribution in [3.63, 3.8) is 0 Å². The smallest absolute Gasteiger partial charge is 0.163 e. The molecule has 0 atom stereocenters. The van der Waals surface area contributed by atoms with Gasteiger partial charge < -0.3 is 19.7 Å². The van der Waals surface area contributed by atoms with Crippen molar-refractivity contribution in [1.82, 2.24) is 10.2 Å². The molecule has 1 N–H and O–H groups in total. The minimum absolute atomic E-state index is 0.268. The Morgan fingerprint density at radius 1 is 1.12 bits per heavy atom. The lowest BCUT2D eigenvalue weighted by Gasteiger charge is -2.15. The summed E-state index contributed by atoms with van der Waals surface area (Å²) in [5.41, 5.74) is 1.82. The maximum Gasteiger partial charge on any atom is 0.163 e. The molecule has 0 aliphatic rings. The fraction of sp³-hybridized carbons (Fsp3) is 0.368. The van der Waals surface area contributed by atoms with Gasteiger partial charge >= 0.3 is 0 Å². The van der Waals surface area contributed by atoms with Gasteiger partial charge in [0.1, 0.15) is 12.4 Å². The Morgan fingerprint density at radius 3 is 2.48 bits per heavy atom. The van der Waals surface area contributed by atoms with E-state index >= 15 is 0 Å². The summed E-state index contributed by atoms with van der Waals surface area (Å²) in [5.74, 6) is 0.917. The predicted molar refractivity (Wildman–Crippen MR) is 99.0 cm³/mol. The molecule has 4 nitrogen and oxygen atoms in total. The number of benzene rings is 2. The molecule has 0 aliphatic heterocycles. The molecule has 2 aromatic rings. The van der Waals surface area contributed by atoms with Gasteiger partial charge in [-0.05, 0) is 43.4 Å². The van der Waals surface area contributed by atoms with E-state index in [1.54, 1.807) is 25.3 Å². The van der Waals surface area contributed by atoms with Gasteiger partial charge in [0.25, 0.3) is 0 Å². The minimum Gasteiger partial charge on any atom is -0.493 e. The number of halogens is 2. The summed E-state index contributed by atoms with van der Waals surface area (Å²) in [7, 11) is 5.66. The zero-order valence-electron chi connectivity index (χ0n) is 14.8. The zero-order valence-corrected chi connectivity index (χ0v) is 15.6. The molecule has 0 saturated carbocycles. The summed E-state index contributed by atoms with van der Waals surface area (Å²) in [5, 5.41) is 3.97. The summed E-state index contributed by atoms with van der Waals surface area (Å²) >= 11 is 6.37. The van der Waals surface area contributed by atoms with Crippen LogP contribution in [-0.4, -0.2) is 39.2 Å². The molecular weight excluding hydrogens is 343 g/mol. The average Bonchev–Trinajstić information content (AvgIpc) is 2.59. The molecule has 25 heavy (non-hydrogen) atoms. The van der Waals surface area contributed by atoms with E-state index in [4.69, 9.17) is 21.1 Å². The quantitative estimate of drug-likeness (QED) is 0.686. The monoisotopic (exact) mass is 366 g/mol. The van der Waals surface area contributed by atoms with E-state index in [1.807, 2.05) is 20.2 Å². The van der Waals surface area contributed by atoms with Crippen molar-refractivity contribution in [3.05, 3.63) is 58.4 Å². The van der Waals surface area contributed by atoms with Crippen molar-refractivity contribution in [3.8, 4) is 11.5 Å². The molecule has 0 fully saturated rings. The van der Waals surface area contributed by atoms with Gasteiger partial charge in [-0.3, -0.25) is 0 Å². The number of ether oxygens (including phenoxy) is 2. The van der Waals surface area contributed by atoms with E-state index in [-0.39, 0.29) is 5.82 Å². The Hall–Kier alpha value is -1.82. The molecule has 0 heterocycles. The number of nitrogens with zero attached hydrogens (tertiary/aromatic N) is 1. The van der Waals surface area contributed by atoms with Gasteiger partial charge in [0.15, 0.2) is 11.5 Å². The fourth-order valence-electron chi connectivity index (χ4n) is 2.25. The maximum absolute atomic E-state index is 13.0. The Balaban J connectivity index is 2.01. The van der Waals surface area contributed by atoms with E-state index in [2.05, 4.69) is 10.2 Å². The van der Waals surface area contributed by atoms with Gasteiger partial charge in [-0.2, -0.15) is 0 Å². The van der Waals surface area contributed by atoms with Crippen molar-refractivity contribution in [2.75, 3.05) is 34.3 Å². The zero-order chi connectivity index (χ0) is 18.2. The Bertz CT molecular complexity index is 678. The van der Waals surface area contributed by atoms with E-state index in [0.29, 0.717) is 29.7 Å². The first-order valence-corrected chi connectivity index (χ1v) is 8.46. The molecule has 6 heteroatoms. The van der Waals surface area contributed by atoms with Crippen LogP contribution in [0, 0.1) is 5.82 Å². The van der Waals surface area contributed by atoms with Crippen LogP contribution in [-0.2, 0) is 13.2 Å². The minimum atomic E-state index is -0.268. The van der Waals surface area contributed by atoms with Crippen LogP contribution < -0.4 is 14.8 Å². The molecule has 2 rings (SSSR count). The average molecular weight is 367 g/mol. The van der Waals surface area contributed by atoms with Gasteiger partial charge in [-0.1, -0.05) is 23.7 Å². The van der Waals surface area contributed by atoms with Crippen LogP contribution in [0.2, 0.25) is 5.02 Å². The standard InChI is InChI=1S/C19H24ClFN2O2/c1-23(2)9-8-22-12-15-10-18(24-3)19(11-17(15)20)25-13-14-4-6-16(21)7-5-14/h4-7,10-11,22H,8-9,12-13H2,1-3H3. The van der Waals surface area contributed by atoms with Crippen LogP contribution in [0.3, 0.4) is 0 Å². The second-order valence-corrected chi connectivity index (χ2v) is 6.40. The molecule has 136 valence electrons. The highest BCUT2D eigenvalue weighted by molar-refractivity contribution is 6.31. The molecule has 0 radical (unpaired) electrons. The summed E-state index contributed by atoms with van der Waals surface area (Å²) in [6.07, 6.45) is 0. The molecule has 0 spiro atoms. The molecule has 0 saturated heterocycles. The van der Waals surface area contributed by atoms with Crippen LogP contribution >= 0.6 is 11.6 Å². The first-order chi connectivity index (χ1) is 12.0. The normalized spacial score (nSPS) is 11.0. The summed E-state index contributed by atoms with van der Waals surface area (Å²) in [6, 6.07) is 9.83. The fourth-order valence-corrected chi connectivity index (χ4v) is 2.47. The van der Waals surface area contributed by atoms with Gasteiger partial charge in [0, 0.05) is 30.7 Å². The number of rotatable bonds is 9. The van der Waals surface area contributed by atoms with Gasteiger partial charge in [0.2, 0.25) is 0 Å². The van der Waals surface area contributed by atoms with Gasteiger partial charge in [-0.25, -0.2) is 4.39 Å². The number of likely N-dealkylation sites (N-methyl/N-ethyl adjacent to an activating group) is 1. The highest BCUT2D eigenvalue weighted by atomic mass is 35.5. The highest BCUT2D eigenvalue weighted by Crippen LogP contribution is 2.33. The van der Waals surface area contributed by atoms with Crippen LogP contribution in [0.25, 0.3) is 0 Å². The Morgan fingerprint density at radius 2 is 1.84 bits per heavy atom. The molecule has 0 aliphatic carbocycles. The summed E-state index contributed by atoms with van der Waals surface area (Å²) in [4.78, 5) is 2.11. The Labute approximate surface area is 153 Å². The number of hydrogen-bond acceptors (Lipinski definition) is 4. The van der Waals surface area contributed by atoms with Crippen LogP contribution in [0.15, 0.2) is 36.4 Å². The summed E-state index contributed by atoms with van der Waals surface area (Å²) < 4.78 is 24.2. The molecule has 0 bridgehead atoms. The van der Waals surface area contributed by atoms with Crippen LogP contribution in [0.5, 0.6) is 11.5 Å². The van der Waals surface area contributed by atoms with Crippen molar-refractivity contribution in [2.45, 2.75) is 13.2 Å². The van der Waals surface area contributed by atoms with E-state index in [1.165, 1.54) is 12.1 Å². The first-order valence-electron chi connectivity index (χ1n) is 8.08. The SMILES string of the molecule is COc1cc(CNCCN(C)C)c(Cl)cc1OCc1ccc(F)cc1. The molecular formula is C19H24ClFN2O2. The third kappa shape index (κ3) is 6.20. The predicted octanol–water partition coefficient (Wildman–Crippen LogP) is 3.72. The molecule has 0 aromatic heterocycles. The van der Waals surface area contributed by atoms with Gasteiger partial charge in [-0.15, -0.1) is 0 Å². The molecule has 0 amide bonds. The number of methoxy groups -OCH3 is 1. The summed E-state index contributed by atoms with van der Waals surface area (Å²) in [6.45, 7) is 2.79. The van der Waals surface area contributed by atoms with E-state index < -0.39 is 0 Å². The van der Waals surface area contributed by atoms with Crippen LogP contribution in [0.4, 0.5) is 4.39 Å². The van der Waals surface area contributed by atoms with E-state index in [0.717, 1.165) is 24.2 Å². The van der Waals surface area contributed by atoms with E-state index in [9.17, 15) is 4.39 Å². The third-order valence-corrected chi connectivity index (χ3v) is 4.04. The lowest BCUT2D eigenvalue weighted by molar-refractivity contribution is 0.284. The maximum atomic E-state index is 13.0. The third-order valence-electron chi connectivity index (χ3n) is 3.69. The first kappa shape index (κ1) is 19.5. The largest absolute Gasteiger partial charge is 0.493 e. The van der Waals surface area contributed by atoms with Crippen molar-refractivity contribution in [2.24, 2.45) is 0 Å². The van der Waals surface area contributed by atoms with Gasteiger partial charge in [0.05, 0.1) is 7.11 Å². The second kappa shape index (κ2) is 9.61. The van der Waals surface area contributed by atoms with Crippen molar-refractivity contribution in [1.29, 1.82) is 0 Å². The Kier molecular flexibility index (Phi) is 7.50. The number of nitrogens with one attached hydrogen (secondary N) is 1. The molecule has 2 aromatic carbocycles. The van der Waals surface area contributed by atoms with Crippen LogP contribution in [0.1, 0.15) is 11.1 Å². The lowest BCUT2D eigenvalue weighted by Crippen LogP contribution is -2.26. The highest BCUT2D eigenvalue weighted by Gasteiger charge is 2.11. The second-order valence-electron chi connectivity index (χ2n) is 5.99.